The first-order valence-electron chi connectivity index (χ1n) is 9.93. The quantitative estimate of drug-likeness (QED) is 0.205. The average molecular weight is 416 g/mol. The van der Waals surface area contributed by atoms with Gasteiger partial charge in [-0.15, -0.1) is 0 Å². The van der Waals surface area contributed by atoms with E-state index in [1.165, 1.54) is 11.1 Å². The molecule has 0 spiro atoms. The minimum Gasteiger partial charge on any atom is -0.457 e. The Labute approximate surface area is 181 Å². The van der Waals surface area contributed by atoms with Crippen LogP contribution in [0.3, 0.4) is 0 Å². The topological polar surface area (TPSA) is 61.8 Å². The lowest BCUT2D eigenvalue weighted by molar-refractivity contribution is -0.144. The highest BCUT2D eigenvalue weighted by Crippen LogP contribution is 2.22. The number of carbonyl (C=O) groups is 2. The third kappa shape index (κ3) is 6.57. The second-order valence-corrected chi connectivity index (χ2v) is 7.00. The zero-order valence-corrected chi connectivity index (χ0v) is 17.3. The van der Waals surface area contributed by atoms with Crippen molar-refractivity contribution in [3.63, 3.8) is 0 Å². The molecule has 158 valence electrons. The van der Waals surface area contributed by atoms with E-state index in [0.29, 0.717) is 23.0 Å². The largest absolute Gasteiger partial charge is 0.457 e. The molecule has 0 aliphatic heterocycles. The maximum atomic E-state index is 12.4. The molecule has 5 nitrogen and oxygen atoms in total. The van der Waals surface area contributed by atoms with Gasteiger partial charge in [-0.05, 0) is 59.9 Å². The molecule has 0 bridgehead atoms. The van der Waals surface area contributed by atoms with Gasteiger partial charge in [-0.2, -0.15) is 0 Å². The highest BCUT2D eigenvalue weighted by Gasteiger charge is 2.10. The zero-order valence-electron chi connectivity index (χ0n) is 17.3. The molecule has 0 amide bonds. The van der Waals surface area contributed by atoms with Crippen molar-refractivity contribution < 1.29 is 23.8 Å². The van der Waals surface area contributed by atoms with Crippen LogP contribution in [0.2, 0.25) is 0 Å². The molecule has 0 saturated heterocycles. The summed E-state index contributed by atoms with van der Waals surface area (Å²) < 4.78 is 15.5. The molecular weight excluding hydrogens is 392 g/mol. The van der Waals surface area contributed by atoms with Gasteiger partial charge in [0.05, 0.1) is 5.56 Å². The number of rotatable bonds is 9. The smallest absolute Gasteiger partial charge is 0.343 e. The third-order valence-corrected chi connectivity index (χ3v) is 4.73. The van der Waals surface area contributed by atoms with Crippen LogP contribution in [-0.2, 0) is 16.0 Å². The Balaban J connectivity index is 1.52. The van der Waals surface area contributed by atoms with Crippen LogP contribution in [0.15, 0.2) is 91.5 Å². The molecular formula is C26H24O5. The van der Waals surface area contributed by atoms with Crippen molar-refractivity contribution >= 4 is 11.9 Å². The minimum atomic E-state index is -0.569. The van der Waals surface area contributed by atoms with Gasteiger partial charge in [-0.25, -0.2) is 9.59 Å². The standard InChI is InChI=1S/C26H24O5/c1-3-25(27)30-18-29-23-15-11-22(12-16-23)26(28)31-24-13-9-20(10-14-24)17-19(2)21-7-5-4-6-8-21/h3-16,19H,1,17-18H2,2H3. The summed E-state index contributed by atoms with van der Waals surface area (Å²) >= 11 is 0. The van der Waals surface area contributed by atoms with Crippen LogP contribution >= 0.6 is 0 Å². The summed E-state index contributed by atoms with van der Waals surface area (Å²) in [5.41, 5.74) is 2.86. The average Bonchev–Trinajstić information content (AvgIpc) is 2.81. The van der Waals surface area contributed by atoms with E-state index < -0.39 is 11.9 Å². The van der Waals surface area contributed by atoms with Crippen LogP contribution in [0.1, 0.15) is 34.3 Å². The summed E-state index contributed by atoms with van der Waals surface area (Å²) in [7, 11) is 0. The lowest BCUT2D eigenvalue weighted by Gasteiger charge is -2.12. The zero-order chi connectivity index (χ0) is 22.1. The van der Waals surface area contributed by atoms with Gasteiger partial charge >= 0.3 is 11.9 Å². The maximum absolute atomic E-state index is 12.4. The van der Waals surface area contributed by atoms with Gasteiger partial charge in [-0.1, -0.05) is 56.0 Å². The Morgan fingerprint density at radius 1 is 0.903 bits per heavy atom. The van der Waals surface area contributed by atoms with Crippen molar-refractivity contribution in [2.45, 2.75) is 19.3 Å². The van der Waals surface area contributed by atoms with Crippen LogP contribution < -0.4 is 9.47 Å². The molecule has 0 aromatic heterocycles. The first-order valence-corrected chi connectivity index (χ1v) is 9.93. The Kier molecular flexibility index (Phi) is 7.60. The lowest BCUT2D eigenvalue weighted by Crippen LogP contribution is -2.09. The summed E-state index contributed by atoms with van der Waals surface area (Å²) in [4.78, 5) is 23.3. The summed E-state index contributed by atoms with van der Waals surface area (Å²) in [5, 5.41) is 0. The van der Waals surface area contributed by atoms with E-state index in [0.717, 1.165) is 12.5 Å². The number of ether oxygens (including phenoxy) is 3. The Morgan fingerprint density at radius 2 is 1.55 bits per heavy atom. The maximum Gasteiger partial charge on any atom is 0.343 e. The van der Waals surface area contributed by atoms with E-state index in [-0.39, 0.29) is 6.79 Å². The van der Waals surface area contributed by atoms with E-state index in [1.54, 1.807) is 36.4 Å². The first-order chi connectivity index (χ1) is 15.0. The van der Waals surface area contributed by atoms with Crippen molar-refractivity contribution in [1.29, 1.82) is 0 Å². The molecule has 0 radical (unpaired) electrons. The molecule has 0 aliphatic carbocycles. The van der Waals surface area contributed by atoms with Gasteiger partial charge < -0.3 is 14.2 Å². The van der Waals surface area contributed by atoms with E-state index in [1.807, 2.05) is 30.3 Å². The molecule has 0 heterocycles. The fraction of sp³-hybridized carbons (Fsp3) is 0.154. The molecule has 0 saturated carbocycles. The SMILES string of the molecule is C=CC(=O)OCOc1ccc(C(=O)Oc2ccc(CC(C)c3ccccc3)cc2)cc1. The molecule has 3 rings (SSSR count). The van der Waals surface area contributed by atoms with Gasteiger partial charge in [0.1, 0.15) is 11.5 Å². The van der Waals surface area contributed by atoms with E-state index in [2.05, 4.69) is 25.6 Å². The lowest BCUT2D eigenvalue weighted by atomic mass is 9.94. The van der Waals surface area contributed by atoms with Crippen molar-refractivity contribution in [3.05, 3.63) is 108 Å². The summed E-state index contributed by atoms with van der Waals surface area (Å²) in [5.74, 6) is 0.314. The van der Waals surface area contributed by atoms with Gasteiger partial charge in [0.25, 0.3) is 0 Å². The van der Waals surface area contributed by atoms with Gasteiger partial charge in [0.2, 0.25) is 6.79 Å². The first kappa shape index (κ1) is 21.8. The highest BCUT2D eigenvalue weighted by molar-refractivity contribution is 5.91. The fourth-order valence-corrected chi connectivity index (χ4v) is 3.01. The van der Waals surface area contributed by atoms with Crippen molar-refractivity contribution in [2.24, 2.45) is 0 Å². The van der Waals surface area contributed by atoms with Crippen LogP contribution in [-0.4, -0.2) is 18.7 Å². The van der Waals surface area contributed by atoms with Gasteiger partial charge in [-0.3, -0.25) is 0 Å². The molecule has 31 heavy (non-hydrogen) atoms. The summed E-state index contributed by atoms with van der Waals surface area (Å²) in [6.45, 7) is 5.26. The van der Waals surface area contributed by atoms with Crippen molar-refractivity contribution in [1.82, 2.24) is 0 Å². The van der Waals surface area contributed by atoms with Gasteiger partial charge in [0, 0.05) is 6.08 Å². The molecule has 5 heteroatoms. The van der Waals surface area contributed by atoms with Crippen LogP contribution in [0.5, 0.6) is 11.5 Å². The second-order valence-electron chi connectivity index (χ2n) is 7.00. The fourth-order valence-electron chi connectivity index (χ4n) is 3.01. The molecule has 0 fully saturated rings. The predicted octanol–water partition coefficient (Wildman–Crippen LogP) is 5.32. The van der Waals surface area contributed by atoms with E-state index in [4.69, 9.17) is 14.2 Å². The molecule has 0 N–H and O–H groups in total. The monoisotopic (exact) mass is 416 g/mol. The van der Waals surface area contributed by atoms with Crippen molar-refractivity contribution in [2.75, 3.05) is 6.79 Å². The number of hydrogen-bond acceptors (Lipinski definition) is 5. The second kappa shape index (κ2) is 10.8. The minimum absolute atomic E-state index is 0.232. The van der Waals surface area contributed by atoms with Crippen molar-refractivity contribution in [3.8, 4) is 11.5 Å². The Morgan fingerprint density at radius 3 is 2.19 bits per heavy atom. The summed E-state index contributed by atoms with van der Waals surface area (Å²) in [6, 6.07) is 24.3. The van der Waals surface area contributed by atoms with Gasteiger partial charge in [0.15, 0.2) is 0 Å². The Bertz CT molecular complexity index is 1010. The van der Waals surface area contributed by atoms with E-state index in [9.17, 15) is 9.59 Å². The van der Waals surface area contributed by atoms with Crippen LogP contribution in [0, 0.1) is 0 Å². The number of carbonyl (C=O) groups excluding carboxylic acids is 2. The predicted molar refractivity (Wildman–Crippen MR) is 118 cm³/mol. The summed E-state index contributed by atoms with van der Waals surface area (Å²) in [6.07, 6.45) is 1.96. The van der Waals surface area contributed by atoms with Crippen LogP contribution in [0.4, 0.5) is 0 Å². The molecule has 1 unspecified atom stereocenters. The van der Waals surface area contributed by atoms with Crippen LogP contribution in [0.25, 0.3) is 0 Å². The number of hydrogen-bond donors (Lipinski definition) is 0. The number of esters is 2. The molecule has 3 aromatic rings. The molecule has 1 atom stereocenters. The third-order valence-electron chi connectivity index (χ3n) is 4.73. The van der Waals surface area contributed by atoms with E-state index >= 15 is 0 Å². The number of benzene rings is 3. The molecule has 0 aliphatic rings. The Hall–Kier alpha value is -3.86. The normalized spacial score (nSPS) is 11.3. The molecule has 3 aromatic carbocycles. The highest BCUT2D eigenvalue weighted by atomic mass is 16.7.